The second-order valence-electron chi connectivity index (χ2n) is 30.2. The van der Waals surface area contributed by atoms with Crippen molar-refractivity contribution >= 4 is 47.0 Å². The summed E-state index contributed by atoms with van der Waals surface area (Å²) >= 11 is 0. The van der Waals surface area contributed by atoms with Crippen LogP contribution in [0.2, 0.25) is 0 Å². The number of unbranched alkanes of at least 4 members (excludes halogenated alkanes) is 11. The molecule has 6 aliphatic rings. The minimum Gasteiger partial charge on any atom is -0.390 e. The van der Waals surface area contributed by atoms with Crippen LogP contribution in [0.5, 0.6) is 0 Å². The van der Waals surface area contributed by atoms with E-state index in [0.29, 0.717) is 129 Å². The number of ketones is 2. The highest BCUT2D eigenvalue weighted by atomic mass is 16.8. The predicted molar refractivity (Wildman–Crippen MR) is 385 cm³/mol. The number of fused-ring (bicyclic) bond motifs is 6. The van der Waals surface area contributed by atoms with Crippen LogP contribution in [0.25, 0.3) is 0 Å². The molecule has 6 bridgehead atoms. The minimum absolute atomic E-state index is 0.0239. The lowest BCUT2D eigenvalue weighted by atomic mass is 9.86. The number of hydrogen-bond acceptors (Lipinski definition) is 26. The highest BCUT2D eigenvalue weighted by Crippen LogP contribution is 2.42. The van der Waals surface area contributed by atoms with Crippen molar-refractivity contribution in [2.24, 2.45) is 17.8 Å². The Morgan fingerprint density at radius 3 is 0.991 bits per heavy atom. The Bertz CT molecular complexity index is 2420. The second kappa shape index (κ2) is 49.1. The number of hydrogen-bond donors (Lipinski definition) is 12. The molecular weight excluding hydrogens is 1400 g/mol. The molecule has 616 valence electrons. The van der Waals surface area contributed by atoms with Crippen LogP contribution in [0.15, 0.2) is 0 Å². The number of rotatable bonds is 61. The van der Waals surface area contributed by atoms with Gasteiger partial charge in [0.2, 0.25) is 35.4 Å². The predicted octanol–water partition coefficient (Wildman–Crippen LogP) is 1.66. The monoisotopic (exact) mass is 1530 g/mol. The lowest BCUT2D eigenvalue weighted by molar-refractivity contribution is -0.248. The Labute approximate surface area is 630 Å². The Morgan fingerprint density at radius 2 is 0.636 bits per heavy atom. The first-order valence-electron chi connectivity index (χ1n) is 39.5. The van der Waals surface area contributed by atoms with E-state index in [1.807, 2.05) is 0 Å². The molecule has 0 aromatic rings. The normalized spacial score (nSPS) is 27.8. The summed E-state index contributed by atoms with van der Waals surface area (Å²) in [5.74, 6) is -2.30. The van der Waals surface area contributed by atoms with Gasteiger partial charge in [0.15, 0.2) is 18.9 Å². The van der Waals surface area contributed by atoms with Crippen molar-refractivity contribution in [1.82, 2.24) is 31.9 Å². The quantitative estimate of drug-likeness (QED) is 0.0385. The third kappa shape index (κ3) is 31.5. The van der Waals surface area contributed by atoms with Crippen molar-refractivity contribution in [1.29, 1.82) is 0 Å². The fourth-order valence-corrected chi connectivity index (χ4v) is 13.8. The summed E-state index contributed by atoms with van der Waals surface area (Å²) in [6.45, 7) is 9.29. The number of aliphatic hydroxyl groups is 6. The highest BCUT2D eigenvalue weighted by molar-refractivity contribution is 5.79. The number of aliphatic hydroxyl groups excluding tert-OH is 6. The maximum absolute atomic E-state index is 13.9. The van der Waals surface area contributed by atoms with Crippen LogP contribution in [-0.2, 0) is 95.2 Å². The van der Waals surface area contributed by atoms with Crippen molar-refractivity contribution < 1.29 is 126 Å². The van der Waals surface area contributed by atoms with Crippen molar-refractivity contribution in [2.75, 3.05) is 132 Å². The van der Waals surface area contributed by atoms with Gasteiger partial charge in [-0.05, 0) is 84.0 Å². The van der Waals surface area contributed by atoms with Gasteiger partial charge in [-0.15, -0.1) is 0 Å². The lowest BCUT2D eigenvalue weighted by Gasteiger charge is -2.41. The van der Waals surface area contributed by atoms with E-state index in [9.17, 15) is 69.0 Å². The summed E-state index contributed by atoms with van der Waals surface area (Å²) in [6, 6.07) is 0. The molecule has 6 fully saturated rings. The van der Waals surface area contributed by atoms with Gasteiger partial charge in [-0.3, -0.25) is 33.6 Å². The molecule has 15 atom stereocenters. The minimum atomic E-state index is -1.33. The highest BCUT2D eigenvalue weighted by Gasteiger charge is 2.60. The molecule has 6 heterocycles. The molecular formula is C75H130N6O26. The molecule has 6 aliphatic heterocycles. The zero-order valence-corrected chi connectivity index (χ0v) is 64.0. The second-order valence-corrected chi connectivity index (χ2v) is 30.2. The molecule has 107 heavy (non-hydrogen) atoms. The number of carbonyl (C=O) groups is 8. The molecule has 6 rings (SSSR count). The smallest absolute Gasteiger partial charge is 0.222 e. The Balaban J connectivity index is 0.906. The van der Waals surface area contributed by atoms with Crippen LogP contribution >= 0.6 is 0 Å². The first kappa shape index (κ1) is 91.3. The largest absolute Gasteiger partial charge is 0.390 e. The molecule has 6 saturated heterocycles. The summed E-state index contributed by atoms with van der Waals surface area (Å²) in [7, 11) is 0. The Kier molecular flexibility index (Phi) is 41.9. The third-order valence-corrected chi connectivity index (χ3v) is 20.8. The van der Waals surface area contributed by atoms with Crippen molar-refractivity contribution in [3.8, 4) is 0 Å². The Morgan fingerprint density at radius 1 is 0.346 bits per heavy atom. The summed E-state index contributed by atoms with van der Waals surface area (Å²) in [5.41, 5.74) is -4.70. The number of carbonyl (C=O) groups excluding carboxylic acids is 8. The fraction of sp³-hybridized carbons (Fsp3) is 0.893. The van der Waals surface area contributed by atoms with Gasteiger partial charge >= 0.3 is 0 Å². The van der Waals surface area contributed by atoms with Crippen LogP contribution in [0.1, 0.15) is 201 Å². The summed E-state index contributed by atoms with van der Waals surface area (Å²) in [6.07, 6.45) is 6.64. The molecule has 6 amide bonds. The van der Waals surface area contributed by atoms with Gasteiger partial charge in [0.1, 0.15) is 52.2 Å². The standard InChI is InChI=1S/C75H130N6O26/c1-52(82)23-11-9-7-5-6-8-10-12-28-62(89)81-72(43-99-40-29-59(86)76-32-17-13-24-56(83)25-14-18-37-96-46-73-49-102-69(105-73)53(2)63(90)66(73)93,44-100-41-30-60(87)79-35-21-33-77-57(84)26-15-19-38-97-47-74-50-103-70(106-74)54(3)64(91)67(74)94)45-101-42-31-61(88)80-36-22-34-78-58(85)27-16-20-39-98-48-75-51-104-71(107-75)55(4)65(92)68(75)95/h53-55,63-71,90-95H,5-51H2,1-4H3,(H,76,86)(H,77,84)(H,78,85)(H,79,87)(H,80,88)(H,81,89)/t53-,54-,55-,63-,64-,65-,66-,67-,68-,69+,70+,71+,73+,74+,75+/m1/s1. The molecule has 0 aliphatic carbocycles. The molecule has 12 N–H and O–H groups in total. The molecule has 0 saturated carbocycles. The zero-order valence-electron chi connectivity index (χ0n) is 64.0. The summed E-state index contributed by atoms with van der Waals surface area (Å²) < 4.78 is 70.2. The number of ether oxygens (including phenoxy) is 12. The van der Waals surface area contributed by atoms with Gasteiger partial charge in [-0.1, -0.05) is 59.3 Å². The molecule has 0 aromatic carbocycles. The van der Waals surface area contributed by atoms with E-state index >= 15 is 0 Å². The molecule has 0 unspecified atom stereocenters. The topological polar surface area (TPSA) is 441 Å². The maximum atomic E-state index is 13.9. The zero-order chi connectivity index (χ0) is 77.5. The van der Waals surface area contributed by atoms with Crippen molar-refractivity contribution in [2.45, 2.75) is 279 Å². The van der Waals surface area contributed by atoms with E-state index in [1.165, 1.54) is 0 Å². The van der Waals surface area contributed by atoms with Crippen molar-refractivity contribution in [3.63, 3.8) is 0 Å². The molecule has 0 radical (unpaired) electrons. The van der Waals surface area contributed by atoms with E-state index in [1.54, 1.807) is 27.7 Å². The van der Waals surface area contributed by atoms with E-state index in [0.717, 1.165) is 44.9 Å². The molecule has 0 spiro atoms. The van der Waals surface area contributed by atoms with E-state index in [-0.39, 0.29) is 196 Å². The first-order chi connectivity index (χ1) is 51.4. The molecule has 32 heteroatoms. The van der Waals surface area contributed by atoms with Gasteiger partial charge in [-0.25, -0.2) is 0 Å². The van der Waals surface area contributed by atoms with Crippen LogP contribution in [0.4, 0.5) is 0 Å². The van der Waals surface area contributed by atoms with Gasteiger partial charge < -0.3 is 124 Å². The SMILES string of the molecule is CC(=O)CCCCCCCCCCC(=O)NC(COCCC(=O)NCCCCC(=O)CCCCOC[C@@]12CO[C@@H](O1)[C@H](C)[C@@H](O)[C@H]2O)(COCCC(=O)NCCCNC(=O)CCCCOC[C@@]12CO[C@@H](O1)[C@H](C)[C@@H](O)[C@H]2O)COCCC(=O)NCCCNC(=O)CCCCOC[C@@]12CO[C@@H](O1)[C@H](C)[C@@H](O)[C@H]2O. The fourth-order valence-electron chi connectivity index (χ4n) is 13.8. The van der Waals surface area contributed by atoms with E-state index in [2.05, 4.69) is 31.9 Å². The summed E-state index contributed by atoms with van der Waals surface area (Å²) in [4.78, 5) is 102. The third-order valence-electron chi connectivity index (χ3n) is 20.8. The average molecular weight is 1530 g/mol. The van der Waals surface area contributed by atoms with Gasteiger partial charge in [-0.2, -0.15) is 0 Å². The van der Waals surface area contributed by atoms with Gasteiger partial charge in [0.25, 0.3) is 0 Å². The molecule has 32 nitrogen and oxygen atoms in total. The van der Waals surface area contributed by atoms with Crippen molar-refractivity contribution in [3.05, 3.63) is 0 Å². The number of amides is 6. The lowest BCUT2D eigenvalue weighted by Crippen LogP contribution is -2.60. The molecule has 0 aromatic heterocycles. The van der Waals surface area contributed by atoms with Crippen LogP contribution in [0.3, 0.4) is 0 Å². The van der Waals surface area contributed by atoms with Crippen LogP contribution in [0, 0.1) is 17.8 Å². The number of Topliss-reactive ketones (excluding diaryl/α,β-unsaturated/α-hetero) is 2. The Hall–Kier alpha value is -4.56. The van der Waals surface area contributed by atoms with E-state index < -0.39 is 77.8 Å². The maximum Gasteiger partial charge on any atom is 0.222 e. The van der Waals surface area contributed by atoms with Crippen LogP contribution in [-0.4, -0.2) is 287 Å². The van der Waals surface area contributed by atoms with Crippen LogP contribution < -0.4 is 31.9 Å². The number of nitrogens with one attached hydrogen (secondary N) is 6. The van der Waals surface area contributed by atoms with Gasteiger partial charge in [0, 0.05) is 128 Å². The summed E-state index contributed by atoms with van der Waals surface area (Å²) in [5, 5.41) is 80.5. The average Bonchev–Trinajstić information content (AvgIpc) is 1.64. The van der Waals surface area contributed by atoms with Gasteiger partial charge in [0.05, 0.1) is 97.6 Å². The van der Waals surface area contributed by atoms with E-state index in [4.69, 9.17) is 56.8 Å². The first-order valence-corrected chi connectivity index (χ1v) is 39.5.